The Labute approximate surface area is 168 Å². The fraction of sp³-hybridized carbons (Fsp3) is 0.500. The normalized spacial score (nSPS) is 28.5. The van der Waals surface area contributed by atoms with E-state index >= 15 is 0 Å². The molecule has 2 aliphatic heterocycles. The highest BCUT2D eigenvalue weighted by atomic mass is 16.3. The Kier molecular flexibility index (Phi) is 5.83. The van der Waals surface area contributed by atoms with Crippen molar-refractivity contribution in [3.05, 3.63) is 71.8 Å². The largest absolute Gasteiger partial charge is 0.393 e. The van der Waals surface area contributed by atoms with Gasteiger partial charge in [-0.05, 0) is 30.9 Å². The summed E-state index contributed by atoms with van der Waals surface area (Å²) in [4.78, 5) is 4.84. The number of hydrogen-bond acceptors (Lipinski definition) is 4. The maximum absolute atomic E-state index is 11.9. The smallest absolute Gasteiger partial charge is 0.107 e. The zero-order valence-electron chi connectivity index (χ0n) is 16.7. The van der Waals surface area contributed by atoms with Crippen molar-refractivity contribution in [2.45, 2.75) is 37.5 Å². The first-order valence-electron chi connectivity index (χ1n) is 10.5. The van der Waals surface area contributed by atoms with Crippen LogP contribution in [0.3, 0.4) is 0 Å². The van der Waals surface area contributed by atoms with Crippen LogP contribution in [0.15, 0.2) is 60.7 Å². The molecule has 2 N–H and O–H groups in total. The van der Waals surface area contributed by atoms with Crippen LogP contribution in [-0.4, -0.2) is 58.8 Å². The molecule has 2 saturated heterocycles. The molecular weight excluding hydrogens is 348 g/mol. The molecule has 0 aromatic heterocycles. The summed E-state index contributed by atoms with van der Waals surface area (Å²) in [6.07, 6.45) is 1.50. The maximum Gasteiger partial charge on any atom is 0.107 e. The van der Waals surface area contributed by atoms with Crippen molar-refractivity contribution in [1.82, 2.24) is 9.80 Å². The van der Waals surface area contributed by atoms with Gasteiger partial charge in [-0.3, -0.25) is 4.90 Å². The number of aliphatic hydroxyl groups is 2. The van der Waals surface area contributed by atoms with Gasteiger partial charge in [-0.25, -0.2) is 0 Å². The molecule has 0 spiro atoms. The highest BCUT2D eigenvalue weighted by Crippen LogP contribution is 2.41. The minimum atomic E-state index is -0.847. The molecule has 0 saturated carbocycles. The number of benzene rings is 2. The Morgan fingerprint density at radius 1 is 1.00 bits per heavy atom. The van der Waals surface area contributed by atoms with E-state index in [1.807, 2.05) is 24.3 Å². The van der Waals surface area contributed by atoms with Gasteiger partial charge in [-0.1, -0.05) is 60.7 Å². The molecule has 2 aromatic rings. The quantitative estimate of drug-likeness (QED) is 0.837. The maximum atomic E-state index is 11.9. The van der Waals surface area contributed by atoms with Crippen LogP contribution in [0.1, 0.15) is 36.9 Å². The number of nitrogens with zero attached hydrogens (tertiary/aromatic N) is 2. The summed E-state index contributed by atoms with van der Waals surface area (Å²) < 4.78 is 0. The van der Waals surface area contributed by atoms with Crippen LogP contribution in [0.25, 0.3) is 0 Å². The first-order chi connectivity index (χ1) is 13.6. The zero-order chi connectivity index (χ0) is 19.6. The summed E-state index contributed by atoms with van der Waals surface area (Å²) in [5.74, 6) is 0.149. The summed E-state index contributed by atoms with van der Waals surface area (Å²) in [7, 11) is 0. The number of hydrogen-bond donors (Lipinski definition) is 2. The van der Waals surface area contributed by atoms with Crippen LogP contribution in [-0.2, 0) is 5.60 Å². The topological polar surface area (TPSA) is 46.9 Å². The lowest BCUT2D eigenvalue weighted by Crippen LogP contribution is -2.45. The SMILES string of the molecule is C[C@H](c1ccccc1)N1C[C@H](CN2CCC(O)CC2)[C@@](O)(c2ccccc2)C1. The molecule has 0 unspecified atom stereocenters. The van der Waals surface area contributed by atoms with Crippen LogP contribution in [0, 0.1) is 5.92 Å². The van der Waals surface area contributed by atoms with Crippen molar-refractivity contribution in [2.24, 2.45) is 5.92 Å². The zero-order valence-corrected chi connectivity index (χ0v) is 16.7. The molecule has 150 valence electrons. The lowest BCUT2D eigenvalue weighted by Gasteiger charge is -2.36. The number of β-amino-alcohol motifs (C(OH)–C–C–N with tert-alkyl or cyclic N) is 1. The minimum absolute atomic E-state index is 0.149. The summed E-state index contributed by atoms with van der Waals surface area (Å²) in [5.41, 5.74) is 1.46. The Morgan fingerprint density at radius 2 is 1.61 bits per heavy atom. The van der Waals surface area contributed by atoms with Crippen LogP contribution >= 0.6 is 0 Å². The lowest BCUT2D eigenvalue weighted by atomic mass is 9.83. The van der Waals surface area contributed by atoms with Crippen molar-refractivity contribution in [1.29, 1.82) is 0 Å². The average Bonchev–Trinajstić information content (AvgIpc) is 3.08. The van der Waals surface area contributed by atoms with E-state index in [4.69, 9.17) is 0 Å². The molecule has 2 aliphatic rings. The minimum Gasteiger partial charge on any atom is -0.393 e. The van der Waals surface area contributed by atoms with E-state index in [-0.39, 0.29) is 18.1 Å². The van der Waals surface area contributed by atoms with Gasteiger partial charge in [0.2, 0.25) is 0 Å². The van der Waals surface area contributed by atoms with Crippen LogP contribution in [0.2, 0.25) is 0 Å². The first-order valence-corrected chi connectivity index (χ1v) is 10.5. The molecule has 4 rings (SSSR count). The second-order valence-electron chi connectivity index (χ2n) is 8.54. The highest BCUT2D eigenvalue weighted by molar-refractivity contribution is 5.27. The summed E-state index contributed by atoms with van der Waals surface area (Å²) in [6.45, 7) is 6.46. The van der Waals surface area contributed by atoms with Crippen molar-refractivity contribution in [3.63, 3.8) is 0 Å². The standard InChI is InChI=1S/C24H32N2O2/c1-19(20-8-4-2-5-9-20)26-17-22(16-25-14-12-23(27)13-15-25)24(28,18-26)21-10-6-3-7-11-21/h2-11,19,22-23,27-28H,12-18H2,1H3/t19-,22+,24+/m1/s1. The molecule has 28 heavy (non-hydrogen) atoms. The molecule has 0 radical (unpaired) electrons. The predicted molar refractivity (Wildman–Crippen MR) is 112 cm³/mol. The fourth-order valence-electron chi connectivity index (χ4n) is 4.85. The number of rotatable bonds is 5. The highest BCUT2D eigenvalue weighted by Gasteiger charge is 2.48. The third-order valence-electron chi connectivity index (χ3n) is 6.71. The fourth-order valence-corrected chi connectivity index (χ4v) is 4.85. The van der Waals surface area contributed by atoms with E-state index in [1.165, 1.54) is 5.56 Å². The van der Waals surface area contributed by atoms with E-state index < -0.39 is 5.60 Å². The molecule has 0 amide bonds. The van der Waals surface area contributed by atoms with E-state index in [0.29, 0.717) is 6.54 Å². The van der Waals surface area contributed by atoms with Gasteiger partial charge in [-0.15, -0.1) is 0 Å². The molecule has 0 aliphatic carbocycles. The van der Waals surface area contributed by atoms with E-state index in [1.54, 1.807) is 0 Å². The molecule has 0 bridgehead atoms. The van der Waals surface area contributed by atoms with Gasteiger partial charge < -0.3 is 15.1 Å². The van der Waals surface area contributed by atoms with Crippen molar-refractivity contribution >= 4 is 0 Å². The number of likely N-dealkylation sites (tertiary alicyclic amines) is 2. The molecule has 4 nitrogen and oxygen atoms in total. The molecule has 2 fully saturated rings. The predicted octanol–water partition coefficient (Wildman–Crippen LogP) is 3.02. The van der Waals surface area contributed by atoms with Gasteiger partial charge in [0, 0.05) is 44.7 Å². The monoisotopic (exact) mass is 380 g/mol. The van der Waals surface area contributed by atoms with Gasteiger partial charge in [-0.2, -0.15) is 0 Å². The van der Waals surface area contributed by atoms with Gasteiger partial charge in [0.25, 0.3) is 0 Å². The van der Waals surface area contributed by atoms with Crippen LogP contribution < -0.4 is 0 Å². The van der Waals surface area contributed by atoms with E-state index in [0.717, 1.165) is 44.6 Å². The third-order valence-corrected chi connectivity index (χ3v) is 6.71. The Morgan fingerprint density at radius 3 is 2.25 bits per heavy atom. The van der Waals surface area contributed by atoms with E-state index in [2.05, 4.69) is 53.1 Å². The molecule has 3 atom stereocenters. The second kappa shape index (κ2) is 8.34. The van der Waals surface area contributed by atoms with Gasteiger partial charge in [0.05, 0.1) is 6.10 Å². The van der Waals surface area contributed by atoms with Gasteiger partial charge in [0.1, 0.15) is 5.60 Å². The lowest BCUT2D eigenvalue weighted by molar-refractivity contribution is -0.0138. The Hall–Kier alpha value is -1.72. The van der Waals surface area contributed by atoms with Crippen LogP contribution in [0.5, 0.6) is 0 Å². The van der Waals surface area contributed by atoms with Gasteiger partial charge >= 0.3 is 0 Å². The van der Waals surface area contributed by atoms with Crippen molar-refractivity contribution in [2.75, 3.05) is 32.7 Å². The summed E-state index contributed by atoms with van der Waals surface area (Å²) >= 11 is 0. The summed E-state index contributed by atoms with van der Waals surface area (Å²) in [5, 5.41) is 21.7. The Balaban J connectivity index is 1.56. The van der Waals surface area contributed by atoms with Crippen LogP contribution in [0.4, 0.5) is 0 Å². The van der Waals surface area contributed by atoms with Crippen molar-refractivity contribution < 1.29 is 10.2 Å². The number of piperidine rings is 1. The van der Waals surface area contributed by atoms with Gasteiger partial charge in [0.15, 0.2) is 0 Å². The van der Waals surface area contributed by atoms with E-state index in [9.17, 15) is 10.2 Å². The number of aliphatic hydroxyl groups excluding tert-OH is 1. The third kappa shape index (κ3) is 4.01. The summed E-state index contributed by atoms with van der Waals surface area (Å²) in [6, 6.07) is 21.0. The molecule has 2 heterocycles. The molecule has 4 heteroatoms. The first kappa shape index (κ1) is 19.6. The van der Waals surface area contributed by atoms with Crippen molar-refractivity contribution in [3.8, 4) is 0 Å². The molecule has 2 aromatic carbocycles. The molecular formula is C24H32N2O2. The average molecular weight is 381 g/mol. The Bertz CT molecular complexity index is 746. The second-order valence-corrected chi connectivity index (χ2v) is 8.54.